The zero-order valence-electron chi connectivity index (χ0n) is 18.1. The average Bonchev–Trinajstić information content (AvgIpc) is 3.19. The van der Waals surface area contributed by atoms with Gasteiger partial charge in [0.15, 0.2) is 0 Å². The highest BCUT2D eigenvalue weighted by molar-refractivity contribution is 7.80. The summed E-state index contributed by atoms with van der Waals surface area (Å²) in [6.07, 6.45) is 0.922. The highest BCUT2D eigenvalue weighted by atomic mass is 32.1. The number of carbonyl (C=O) groups excluding carboxylic acids is 1. The van der Waals surface area contributed by atoms with Crippen LogP contribution in [0.25, 0.3) is 21.8 Å². The van der Waals surface area contributed by atoms with Crippen LogP contribution < -0.4 is 10.6 Å². The van der Waals surface area contributed by atoms with Crippen molar-refractivity contribution in [2.24, 2.45) is 5.92 Å². The largest absolute Gasteiger partial charge is 0.379 e. The van der Waals surface area contributed by atoms with Crippen molar-refractivity contribution in [3.63, 3.8) is 0 Å². The molecule has 6 nitrogen and oxygen atoms in total. The predicted molar refractivity (Wildman–Crippen MR) is 130 cm³/mol. The van der Waals surface area contributed by atoms with Crippen LogP contribution in [0.3, 0.4) is 0 Å². The summed E-state index contributed by atoms with van der Waals surface area (Å²) in [6.45, 7) is 8.18. The van der Waals surface area contributed by atoms with Crippen LogP contribution >= 0.6 is 12.2 Å². The fourth-order valence-electron chi connectivity index (χ4n) is 3.97. The molecular formula is C24H30N4O2S. The number of benzene rings is 2. The molecule has 3 N–H and O–H groups in total. The van der Waals surface area contributed by atoms with Crippen molar-refractivity contribution in [1.82, 2.24) is 20.5 Å². The normalized spacial score (nSPS) is 16.8. The van der Waals surface area contributed by atoms with Gasteiger partial charge in [-0.25, -0.2) is 0 Å². The quantitative estimate of drug-likeness (QED) is 0.491. The number of amides is 1. The molecule has 0 spiro atoms. The van der Waals surface area contributed by atoms with Crippen molar-refractivity contribution in [2.45, 2.75) is 26.3 Å². The molecule has 0 radical (unpaired) electrons. The molecule has 2 atom stereocenters. The molecule has 0 aliphatic carbocycles. The third-order valence-corrected chi connectivity index (χ3v) is 6.53. The lowest BCUT2D eigenvalue weighted by Gasteiger charge is -2.30. The van der Waals surface area contributed by atoms with Crippen LogP contribution in [0.4, 0.5) is 0 Å². The fourth-order valence-corrected chi connectivity index (χ4v) is 4.33. The molecule has 2 aromatic carbocycles. The van der Waals surface area contributed by atoms with Gasteiger partial charge in [-0.05, 0) is 30.2 Å². The van der Waals surface area contributed by atoms with Crippen LogP contribution in [0.5, 0.6) is 0 Å². The number of nitrogens with one attached hydrogen (secondary N) is 3. The SMILES string of the molecule is CC[C@H](C)C(NC(=O)c1ccc2[nH]c3ccccc3c2c1)C(=S)NCN1CCOCC1. The first-order valence-corrected chi connectivity index (χ1v) is 11.4. The fraction of sp³-hybridized carbons (Fsp3) is 0.417. The summed E-state index contributed by atoms with van der Waals surface area (Å²) >= 11 is 5.69. The first-order chi connectivity index (χ1) is 15.1. The van der Waals surface area contributed by atoms with Gasteiger partial charge in [-0.1, -0.05) is 50.7 Å². The molecule has 4 rings (SSSR count). The first-order valence-electron chi connectivity index (χ1n) is 11.0. The molecule has 1 aliphatic heterocycles. The molecule has 3 aromatic rings. The molecule has 1 fully saturated rings. The Kier molecular flexibility index (Phi) is 6.85. The van der Waals surface area contributed by atoms with Crippen molar-refractivity contribution >= 4 is 44.9 Å². The third kappa shape index (κ3) is 4.89. The number of hydrogen-bond donors (Lipinski definition) is 3. The number of nitrogens with zero attached hydrogens (tertiary/aromatic N) is 1. The second-order valence-corrected chi connectivity index (χ2v) is 8.64. The Labute approximate surface area is 188 Å². The van der Waals surface area contributed by atoms with Crippen LogP contribution in [-0.2, 0) is 4.74 Å². The number of carbonyl (C=O) groups is 1. The summed E-state index contributed by atoms with van der Waals surface area (Å²) in [5.74, 6) is 0.124. The van der Waals surface area contributed by atoms with Gasteiger partial charge in [0.2, 0.25) is 0 Å². The zero-order chi connectivity index (χ0) is 21.8. The van der Waals surface area contributed by atoms with E-state index in [-0.39, 0.29) is 17.9 Å². The van der Waals surface area contributed by atoms with Crippen LogP contribution in [0, 0.1) is 5.92 Å². The van der Waals surface area contributed by atoms with E-state index in [1.54, 1.807) is 0 Å². The number of aromatic amines is 1. The van der Waals surface area contributed by atoms with Crippen molar-refractivity contribution in [3.05, 3.63) is 48.0 Å². The number of rotatable bonds is 7. The Morgan fingerprint density at radius 3 is 2.68 bits per heavy atom. The van der Waals surface area contributed by atoms with Crippen LogP contribution in [0.2, 0.25) is 0 Å². The minimum Gasteiger partial charge on any atom is -0.379 e. The molecular weight excluding hydrogens is 408 g/mol. The van der Waals surface area contributed by atoms with Crippen molar-refractivity contribution in [1.29, 1.82) is 0 Å². The summed E-state index contributed by atoms with van der Waals surface area (Å²) in [5, 5.41) is 8.71. The third-order valence-electron chi connectivity index (χ3n) is 6.13. The maximum absolute atomic E-state index is 13.2. The average molecular weight is 439 g/mol. The van der Waals surface area contributed by atoms with Crippen molar-refractivity contribution in [3.8, 4) is 0 Å². The van der Waals surface area contributed by atoms with Crippen LogP contribution in [0.1, 0.15) is 30.6 Å². The van der Waals surface area contributed by atoms with Crippen molar-refractivity contribution < 1.29 is 9.53 Å². The van der Waals surface area contributed by atoms with E-state index in [9.17, 15) is 4.79 Å². The summed E-state index contributed by atoms with van der Waals surface area (Å²) in [4.78, 5) is 19.5. The molecule has 1 amide bonds. The molecule has 7 heteroatoms. The van der Waals surface area contributed by atoms with Crippen molar-refractivity contribution in [2.75, 3.05) is 33.0 Å². The minimum atomic E-state index is -0.216. The lowest BCUT2D eigenvalue weighted by Crippen LogP contribution is -2.52. The summed E-state index contributed by atoms with van der Waals surface area (Å²) in [6, 6.07) is 13.7. The number of ether oxygens (including phenoxy) is 1. The molecule has 31 heavy (non-hydrogen) atoms. The second kappa shape index (κ2) is 9.77. The Hall–Kier alpha value is -2.48. The molecule has 0 bridgehead atoms. The Morgan fingerprint density at radius 1 is 1.16 bits per heavy atom. The number of hydrogen-bond acceptors (Lipinski definition) is 4. The number of fused-ring (bicyclic) bond motifs is 3. The predicted octanol–water partition coefficient (Wildman–Crippen LogP) is 3.67. The van der Waals surface area contributed by atoms with E-state index < -0.39 is 0 Å². The van der Waals surface area contributed by atoms with Gasteiger partial charge < -0.3 is 20.4 Å². The molecule has 1 saturated heterocycles. The maximum atomic E-state index is 13.2. The van der Waals surface area contributed by atoms with Gasteiger partial charge in [0.25, 0.3) is 5.91 Å². The second-order valence-electron chi connectivity index (χ2n) is 8.20. The number of para-hydroxylation sites is 1. The summed E-state index contributed by atoms with van der Waals surface area (Å²) < 4.78 is 5.40. The van der Waals surface area contributed by atoms with Gasteiger partial charge in [0, 0.05) is 40.5 Å². The number of morpholine rings is 1. The van der Waals surface area contributed by atoms with Gasteiger partial charge in [-0.15, -0.1) is 0 Å². The number of H-pyrrole nitrogens is 1. The Balaban J connectivity index is 1.49. The van der Waals surface area contributed by atoms with Gasteiger partial charge >= 0.3 is 0 Å². The van der Waals surface area contributed by atoms with E-state index in [4.69, 9.17) is 17.0 Å². The summed E-state index contributed by atoms with van der Waals surface area (Å²) in [7, 11) is 0. The minimum absolute atomic E-state index is 0.104. The molecule has 1 unspecified atom stereocenters. The van der Waals surface area contributed by atoms with E-state index >= 15 is 0 Å². The van der Waals surface area contributed by atoms with E-state index in [0.717, 1.165) is 54.5 Å². The zero-order valence-corrected chi connectivity index (χ0v) is 18.9. The topological polar surface area (TPSA) is 69.4 Å². The van der Waals surface area contributed by atoms with E-state index in [1.807, 2.05) is 36.4 Å². The van der Waals surface area contributed by atoms with Crippen LogP contribution in [0.15, 0.2) is 42.5 Å². The van der Waals surface area contributed by atoms with E-state index in [1.165, 1.54) is 0 Å². The Bertz CT molecular complexity index is 1070. The number of aromatic nitrogens is 1. The molecule has 2 heterocycles. The van der Waals surface area contributed by atoms with Gasteiger partial charge in [-0.3, -0.25) is 9.69 Å². The number of thiocarbonyl (C=S) groups is 1. The molecule has 1 aliphatic rings. The first kappa shape index (κ1) is 21.7. The maximum Gasteiger partial charge on any atom is 0.251 e. The highest BCUT2D eigenvalue weighted by Gasteiger charge is 2.24. The standard InChI is InChI=1S/C24H30N4O2S/c1-3-16(2)22(24(31)25-15-28-10-12-30-13-11-28)27-23(29)17-8-9-21-19(14-17)18-6-4-5-7-20(18)26-21/h4-9,14,16,22,26H,3,10-13,15H2,1-2H3,(H,25,31)(H,27,29)/t16-,22?/m0/s1. The molecule has 0 saturated carbocycles. The van der Waals surface area contributed by atoms with Crippen LogP contribution in [-0.4, -0.2) is 59.8 Å². The smallest absolute Gasteiger partial charge is 0.251 e. The molecule has 164 valence electrons. The summed E-state index contributed by atoms with van der Waals surface area (Å²) in [5.41, 5.74) is 2.74. The molecule has 1 aromatic heterocycles. The van der Waals surface area contributed by atoms with Gasteiger partial charge in [0.1, 0.15) is 0 Å². The van der Waals surface area contributed by atoms with E-state index in [0.29, 0.717) is 17.2 Å². The monoisotopic (exact) mass is 438 g/mol. The lowest BCUT2D eigenvalue weighted by atomic mass is 9.98. The highest BCUT2D eigenvalue weighted by Crippen LogP contribution is 2.26. The lowest BCUT2D eigenvalue weighted by molar-refractivity contribution is 0.0366. The van der Waals surface area contributed by atoms with Gasteiger partial charge in [-0.2, -0.15) is 0 Å². The van der Waals surface area contributed by atoms with E-state index in [2.05, 4.69) is 40.4 Å². The van der Waals surface area contributed by atoms with Gasteiger partial charge in [0.05, 0.1) is 30.9 Å². The Morgan fingerprint density at radius 2 is 1.90 bits per heavy atom.